The first-order chi connectivity index (χ1) is 9.43. The van der Waals surface area contributed by atoms with Crippen molar-refractivity contribution in [3.63, 3.8) is 0 Å². The SMILES string of the molecule is COc1cccc(N(C)C(=O)NC(=O)C=CC(=O)O)c1. The van der Waals surface area contributed by atoms with Gasteiger partial charge in [-0.1, -0.05) is 6.07 Å². The highest BCUT2D eigenvalue weighted by atomic mass is 16.5. The molecule has 0 unspecified atom stereocenters. The number of urea groups is 1. The zero-order valence-corrected chi connectivity index (χ0v) is 11.0. The van der Waals surface area contributed by atoms with E-state index in [-0.39, 0.29) is 0 Å². The number of nitrogens with one attached hydrogen (secondary N) is 1. The summed E-state index contributed by atoms with van der Waals surface area (Å²) in [6.07, 6.45) is 1.41. The fourth-order valence-corrected chi connectivity index (χ4v) is 1.31. The molecule has 0 aromatic heterocycles. The molecule has 1 rings (SSSR count). The average Bonchev–Trinajstić information content (AvgIpc) is 2.44. The summed E-state index contributed by atoms with van der Waals surface area (Å²) in [4.78, 5) is 34.5. The van der Waals surface area contributed by atoms with Crippen molar-refractivity contribution in [2.24, 2.45) is 0 Å². The van der Waals surface area contributed by atoms with Gasteiger partial charge in [0, 0.05) is 31.0 Å². The van der Waals surface area contributed by atoms with E-state index in [1.807, 2.05) is 5.32 Å². The zero-order valence-electron chi connectivity index (χ0n) is 11.0. The Morgan fingerprint density at radius 2 is 2.00 bits per heavy atom. The first-order valence-corrected chi connectivity index (χ1v) is 5.57. The number of rotatable bonds is 4. The lowest BCUT2D eigenvalue weighted by Crippen LogP contribution is -2.40. The topological polar surface area (TPSA) is 95.9 Å². The first kappa shape index (κ1) is 15.2. The Hall–Kier alpha value is -2.83. The summed E-state index contributed by atoms with van der Waals surface area (Å²) in [6, 6.07) is 6.02. The summed E-state index contributed by atoms with van der Waals surface area (Å²) >= 11 is 0. The number of ether oxygens (including phenoxy) is 1. The summed E-state index contributed by atoms with van der Waals surface area (Å²) in [5.41, 5.74) is 0.525. The van der Waals surface area contributed by atoms with Gasteiger partial charge in [-0.05, 0) is 12.1 Å². The number of anilines is 1. The second-order valence-electron chi connectivity index (χ2n) is 3.73. The molecule has 106 valence electrons. The molecule has 3 amide bonds. The van der Waals surface area contributed by atoms with Crippen molar-refractivity contribution in [2.75, 3.05) is 19.1 Å². The Bertz CT molecular complexity index is 553. The Morgan fingerprint density at radius 1 is 1.30 bits per heavy atom. The molecule has 7 heteroatoms. The maximum Gasteiger partial charge on any atom is 0.328 e. The summed E-state index contributed by atoms with van der Waals surface area (Å²) in [5.74, 6) is -1.51. The van der Waals surface area contributed by atoms with Gasteiger partial charge in [0.05, 0.1) is 7.11 Å². The van der Waals surface area contributed by atoms with E-state index in [9.17, 15) is 14.4 Å². The third-order valence-electron chi connectivity index (χ3n) is 2.35. The van der Waals surface area contributed by atoms with Crippen molar-refractivity contribution in [3.8, 4) is 5.75 Å². The minimum absolute atomic E-state index is 0.525. The standard InChI is InChI=1S/C13H14N2O5/c1-15(9-4-3-5-10(8-9)20-2)13(19)14-11(16)6-7-12(17)18/h3-8H,1-2H3,(H,17,18)(H,14,16,19). The van der Waals surface area contributed by atoms with Crippen LogP contribution < -0.4 is 15.0 Å². The number of carboxylic acid groups (broad SMARTS) is 1. The normalized spacial score (nSPS) is 10.1. The molecule has 0 aliphatic rings. The predicted octanol–water partition coefficient (Wildman–Crippen LogP) is 1.01. The van der Waals surface area contributed by atoms with Crippen molar-refractivity contribution in [3.05, 3.63) is 36.4 Å². The Labute approximate surface area is 115 Å². The third-order valence-corrected chi connectivity index (χ3v) is 2.35. The number of benzene rings is 1. The van der Waals surface area contributed by atoms with Crippen molar-refractivity contribution in [2.45, 2.75) is 0 Å². The van der Waals surface area contributed by atoms with Crippen molar-refractivity contribution in [1.82, 2.24) is 5.32 Å². The molecule has 0 radical (unpaired) electrons. The van der Waals surface area contributed by atoms with Gasteiger partial charge >= 0.3 is 12.0 Å². The van der Waals surface area contributed by atoms with Gasteiger partial charge in [0.25, 0.3) is 5.91 Å². The highest BCUT2D eigenvalue weighted by molar-refractivity contribution is 6.07. The van der Waals surface area contributed by atoms with Crippen LogP contribution in [0.4, 0.5) is 10.5 Å². The molecule has 0 aliphatic carbocycles. The fraction of sp³-hybridized carbons (Fsp3) is 0.154. The van der Waals surface area contributed by atoms with Crippen LogP contribution in [0.5, 0.6) is 5.75 Å². The van der Waals surface area contributed by atoms with E-state index in [0.717, 1.165) is 6.08 Å². The van der Waals surface area contributed by atoms with E-state index in [2.05, 4.69) is 0 Å². The molecule has 1 aromatic carbocycles. The van der Waals surface area contributed by atoms with E-state index in [0.29, 0.717) is 17.5 Å². The largest absolute Gasteiger partial charge is 0.497 e. The molecule has 1 aromatic rings. The monoisotopic (exact) mass is 278 g/mol. The molecule has 0 spiro atoms. The van der Waals surface area contributed by atoms with Crippen LogP contribution in [0.25, 0.3) is 0 Å². The minimum Gasteiger partial charge on any atom is -0.497 e. The summed E-state index contributed by atoms with van der Waals surface area (Å²) in [6.45, 7) is 0. The van der Waals surface area contributed by atoms with Gasteiger partial charge in [0.2, 0.25) is 0 Å². The van der Waals surface area contributed by atoms with Crippen molar-refractivity contribution in [1.29, 1.82) is 0 Å². The number of carboxylic acids is 1. The maximum absolute atomic E-state index is 11.8. The molecule has 0 saturated carbocycles. The van der Waals surface area contributed by atoms with Crippen molar-refractivity contribution < 1.29 is 24.2 Å². The van der Waals surface area contributed by atoms with Crippen LogP contribution in [0.3, 0.4) is 0 Å². The van der Waals surface area contributed by atoms with Gasteiger partial charge < -0.3 is 9.84 Å². The van der Waals surface area contributed by atoms with Crippen LogP contribution in [0.2, 0.25) is 0 Å². The number of carbonyl (C=O) groups excluding carboxylic acids is 2. The highest BCUT2D eigenvalue weighted by Gasteiger charge is 2.13. The van der Waals surface area contributed by atoms with E-state index < -0.39 is 17.9 Å². The summed E-state index contributed by atoms with van der Waals surface area (Å²) < 4.78 is 5.03. The number of aliphatic carboxylic acids is 1. The minimum atomic E-state index is -1.27. The number of nitrogens with zero attached hydrogens (tertiary/aromatic N) is 1. The lowest BCUT2D eigenvalue weighted by atomic mass is 10.3. The predicted molar refractivity (Wildman–Crippen MR) is 71.7 cm³/mol. The number of hydrogen-bond acceptors (Lipinski definition) is 4. The summed E-state index contributed by atoms with van der Waals surface area (Å²) in [7, 11) is 2.97. The van der Waals surface area contributed by atoms with Gasteiger partial charge in [0.15, 0.2) is 0 Å². The Balaban J connectivity index is 2.71. The van der Waals surface area contributed by atoms with Crippen LogP contribution in [0, 0.1) is 0 Å². The molecule has 20 heavy (non-hydrogen) atoms. The number of carbonyl (C=O) groups is 3. The maximum atomic E-state index is 11.8. The second-order valence-corrected chi connectivity index (χ2v) is 3.73. The molecule has 2 N–H and O–H groups in total. The lowest BCUT2D eigenvalue weighted by Gasteiger charge is -2.17. The van der Waals surface area contributed by atoms with Crippen LogP contribution in [-0.2, 0) is 9.59 Å². The quantitative estimate of drug-likeness (QED) is 0.801. The highest BCUT2D eigenvalue weighted by Crippen LogP contribution is 2.19. The van der Waals surface area contributed by atoms with Crippen LogP contribution in [-0.4, -0.2) is 37.2 Å². The molecule has 0 fully saturated rings. The molecule has 0 bridgehead atoms. The van der Waals surface area contributed by atoms with E-state index in [4.69, 9.17) is 9.84 Å². The van der Waals surface area contributed by atoms with E-state index in [1.165, 1.54) is 19.1 Å². The Kier molecular flexibility index (Phi) is 5.28. The van der Waals surface area contributed by atoms with Crippen LogP contribution in [0.15, 0.2) is 36.4 Å². The number of hydrogen-bond donors (Lipinski definition) is 2. The Morgan fingerprint density at radius 3 is 2.60 bits per heavy atom. The third kappa shape index (κ3) is 4.45. The van der Waals surface area contributed by atoms with Crippen molar-refractivity contribution >= 4 is 23.6 Å². The fourth-order valence-electron chi connectivity index (χ4n) is 1.31. The van der Waals surface area contributed by atoms with Gasteiger partial charge in [-0.15, -0.1) is 0 Å². The number of amides is 3. The average molecular weight is 278 g/mol. The lowest BCUT2D eigenvalue weighted by molar-refractivity contribution is -0.131. The molecular weight excluding hydrogens is 264 g/mol. The molecule has 0 atom stereocenters. The van der Waals surface area contributed by atoms with Crippen LogP contribution >= 0.6 is 0 Å². The smallest absolute Gasteiger partial charge is 0.328 e. The second kappa shape index (κ2) is 6.93. The van der Waals surface area contributed by atoms with Gasteiger partial charge in [-0.2, -0.15) is 0 Å². The molecule has 0 aliphatic heterocycles. The summed E-state index contributed by atoms with van der Waals surface area (Å²) in [5, 5.41) is 10.4. The molecular formula is C13H14N2O5. The van der Waals surface area contributed by atoms with Crippen LogP contribution in [0.1, 0.15) is 0 Å². The zero-order chi connectivity index (χ0) is 15.1. The molecule has 7 nitrogen and oxygen atoms in total. The van der Waals surface area contributed by atoms with Gasteiger partial charge in [0.1, 0.15) is 5.75 Å². The van der Waals surface area contributed by atoms with Gasteiger partial charge in [-0.3, -0.25) is 15.0 Å². The first-order valence-electron chi connectivity index (χ1n) is 5.57. The van der Waals surface area contributed by atoms with E-state index >= 15 is 0 Å². The number of methoxy groups -OCH3 is 1. The van der Waals surface area contributed by atoms with Gasteiger partial charge in [-0.25, -0.2) is 9.59 Å². The molecule has 0 heterocycles. The number of imide groups is 1. The molecule has 0 saturated heterocycles. The van der Waals surface area contributed by atoms with E-state index in [1.54, 1.807) is 24.3 Å².